The highest BCUT2D eigenvalue weighted by atomic mass is 31.0. The van der Waals surface area contributed by atoms with Gasteiger partial charge < -0.3 is 36.0 Å². The summed E-state index contributed by atoms with van der Waals surface area (Å²) in [5.74, 6) is -5.59. The van der Waals surface area contributed by atoms with Crippen LogP contribution in [0, 0.1) is 5.92 Å². The summed E-state index contributed by atoms with van der Waals surface area (Å²) < 4.78 is 6.25. The molecule has 4 rings (SSSR count). The monoisotopic (exact) mass is 820 g/mol. The second-order valence-electron chi connectivity index (χ2n) is 15.9. The van der Waals surface area contributed by atoms with E-state index >= 15 is 0 Å². The number of amides is 6. The molecular formula is C42H57N6O9P. The number of nitrogens with one attached hydrogen (secondary N) is 5. The number of hydrogen-bond acceptors (Lipinski definition) is 9. The Hall–Kier alpha value is -5.01. The first-order chi connectivity index (χ1) is 27.5. The van der Waals surface area contributed by atoms with Crippen molar-refractivity contribution in [2.24, 2.45) is 5.92 Å². The van der Waals surface area contributed by atoms with Crippen molar-refractivity contribution in [3.63, 3.8) is 0 Å². The molecule has 1 heterocycles. The van der Waals surface area contributed by atoms with E-state index in [-0.39, 0.29) is 42.2 Å². The molecule has 6 atom stereocenters. The second-order valence-corrected chi connectivity index (χ2v) is 16.2. The van der Waals surface area contributed by atoms with Gasteiger partial charge in [0.15, 0.2) is 5.78 Å². The summed E-state index contributed by atoms with van der Waals surface area (Å²) in [5, 5.41) is 12.9. The van der Waals surface area contributed by atoms with Gasteiger partial charge in [0.2, 0.25) is 29.4 Å². The zero-order valence-electron chi connectivity index (χ0n) is 33.9. The van der Waals surface area contributed by atoms with Gasteiger partial charge >= 0.3 is 0 Å². The second kappa shape index (κ2) is 21.1. The number of nitrogens with zero attached hydrogens (tertiary/aromatic N) is 1. The Kier molecular flexibility index (Phi) is 16.6. The highest BCUT2D eigenvalue weighted by molar-refractivity contribution is 7.15. The molecule has 0 bridgehead atoms. The lowest BCUT2D eigenvalue weighted by Crippen LogP contribution is -2.58. The predicted molar refractivity (Wildman–Crippen MR) is 219 cm³/mol. The number of ether oxygens (including phenoxy) is 1. The molecule has 5 N–H and O–H groups in total. The van der Waals surface area contributed by atoms with Crippen LogP contribution in [-0.2, 0) is 33.5 Å². The molecule has 2 unspecified atom stereocenters. The minimum Gasteiger partial charge on any atom is -0.371 e. The van der Waals surface area contributed by atoms with Crippen LogP contribution in [0.4, 0.5) is 0 Å². The molecule has 58 heavy (non-hydrogen) atoms. The van der Waals surface area contributed by atoms with Gasteiger partial charge in [-0.05, 0) is 73.9 Å². The van der Waals surface area contributed by atoms with Crippen LogP contribution < -0.4 is 26.4 Å². The first-order valence-electron chi connectivity index (χ1n) is 19.9. The number of rotatable bonds is 17. The average molecular weight is 821 g/mol. The predicted octanol–water partition coefficient (Wildman–Crippen LogP) is 3.09. The summed E-state index contributed by atoms with van der Waals surface area (Å²) in [4.78, 5) is 108. The Morgan fingerprint density at radius 3 is 2.10 bits per heavy atom. The molecule has 1 aliphatic heterocycles. The number of likely N-dealkylation sites (tertiary alicyclic amines) is 1. The van der Waals surface area contributed by atoms with Gasteiger partial charge in [-0.1, -0.05) is 81.1 Å². The van der Waals surface area contributed by atoms with Crippen LogP contribution in [0.2, 0.25) is 0 Å². The van der Waals surface area contributed by atoms with Crippen LogP contribution in [0.3, 0.4) is 0 Å². The summed E-state index contributed by atoms with van der Waals surface area (Å²) in [7, 11) is 2.07. The highest BCUT2D eigenvalue weighted by Gasteiger charge is 2.46. The summed E-state index contributed by atoms with van der Waals surface area (Å²) in [6.07, 6.45) is 4.10. The molecule has 15 nitrogen and oxygen atoms in total. The van der Waals surface area contributed by atoms with E-state index in [0.29, 0.717) is 24.8 Å². The maximum Gasteiger partial charge on any atom is 0.290 e. The van der Waals surface area contributed by atoms with E-state index in [1.165, 1.54) is 17.9 Å². The molecule has 2 aromatic carbocycles. The van der Waals surface area contributed by atoms with Crippen molar-refractivity contribution in [2.45, 2.75) is 122 Å². The van der Waals surface area contributed by atoms with Crippen LogP contribution >= 0.6 is 9.39 Å². The quantitative estimate of drug-likeness (QED) is 0.0902. The number of carbonyl (C=O) groups is 8. The molecule has 314 valence electrons. The van der Waals surface area contributed by atoms with Crippen molar-refractivity contribution >= 4 is 56.4 Å². The molecule has 1 saturated carbocycles. The maximum atomic E-state index is 14.7. The van der Waals surface area contributed by atoms with Crippen LogP contribution in [0.5, 0.6) is 0 Å². The van der Waals surface area contributed by atoms with E-state index in [9.17, 15) is 38.4 Å². The Balaban J connectivity index is 1.52. The van der Waals surface area contributed by atoms with Gasteiger partial charge in [-0.3, -0.25) is 38.4 Å². The number of ketones is 2. The Morgan fingerprint density at radius 2 is 1.50 bits per heavy atom. The molecule has 0 aromatic heterocycles. The zero-order chi connectivity index (χ0) is 42.6. The van der Waals surface area contributed by atoms with Gasteiger partial charge in [-0.15, -0.1) is 0 Å². The normalized spacial score (nSPS) is 18.6. The third-order valence-electron chi connectivity index (χ3n) is 10.3. The number of carbonyl (C=O) groups excluding carboxylic acids is 8. The number of hydrogen-bond donors (Lipinski definition) is 5. The van der Waals surface area contributed by atoms with Gasteiger partial charge in [0.1, 0.15) is 18.1 Å². The van der Waals surface area contributed by atoms with Crippen molar-refractivity contribution in [2.75, 3.05) is 13.1 Å². The Morgan fingerprint density at radius 1 is 0.862 bits per heavy atom. The van der Waals surface area contributed by atoms with Gasteiger partial charge in [0.25, 0.3) is 11.8 Å². The SMILES string of the molecule is CCCC(NC(=O)[C@@H]1C[C@@H](OC(C)(C)C)CN1C(=O)[C@@H](NC(=O)c1ccccc1C(C)=O)C1CCCCC1)C(=O)C(=O)NCC(=O)N[C@H](C(=O)NP)c1ccccc1. The van der Waals surface area contributed by atoms with E-state index in [2.05, 4.69) is 35.7 Å². The summed E-state index contributed by atoms with van der Waals surface area (Å²) in [6.45, 7) is 8.14. The van der Waals surface area contributed by atoms with Crippen LogP contribution in [-0.4, -0.2) is 94.8 Å². The van der Waals surface area contributed by atoms with Crippen molar-refractivity contribution in [1.82, 2.24) is 31.3 Å². The van der Waals surface area contributed by atoms with E-state index in [1.54, 1.807) is 55.5 Å². The molecule has 2 aromatic rings. The zero-order valence-corrected chi connectivity index (χ0v) is 35.1. The van der Waals surface area contributed by atoms with Crippen LogP contribution in [0.15, 0.2) is 54.6 Å². The largest absolute Gasteiger partial charge is 0.371 e. The van der Waals surface area contributed by atoms with E-state index in [1.807, 2.05) is 20.8 Å². The molecule has 0 radical (unpaired) electrons. The topological polar surface area (TPSA) is 209 Å². The van der Waals surface area contributed by atoms with E-state index < -0.39 is 83.6 Å². The Labute approximate surface area is 342 Å². The first kappa shape index (κ1) is 45.7. The van der Waals surface area contributed by atoms with Gasteiger partial charge in [-0.2, -0.15) is 0 Å². The van der Waals surface area contributed by atoms with Crippen molar-refractivity contribution in [3.8, 4) is 0 Å². The first-order valence-corrected chi connectivity index (χ1v) is 20.5. The maximum absolute atomic E-state index is 14.7. The molecule has 1 aliphatic carbocycles. The molecular weight excluding hydrogens is 763 g/mol. The van der Waals surface area contributed by atoms with Gasteiger partial charge in [-0.25, -0.2) is 0 Å². The summed E-state index contributed by atoms with van der Waals surface area (Å²) >= 11 is 0. The van der Waals surface area contributed by atoms with Crippen molar-refractivity contribution in [1.29, 1.82) is 0 Å². The lowest BCUT2D eigenvalue weighted by atomic mass is 9.83. The van der Waals surface area contributed by atoms with E-state index in [4.69, 9.17) is 4.74 Å². The third kappa shape index (κ3) is 12.5. The smallest absolute Gasteiger partial charge is 0.290 e. The fraction of sp³-hybridized carbons (Fsp3) is 0.524. The van der Waals surface area contributed by atoms with Crippen molar-refractivity contribution < 1.29 is 43.1 Å². The van der Waals surface area contributed by atoms with E-state index in [0.717, 1.165) is 19.3 Å². The number of benzene rings is 2. The summed E-state index contributed by atoms with van der Waals surface area (Å²) in [5.41, 5.74) is 0.252. The minimum atomic E-state index is -1.28. The molecule has 1 saturated heterocycles. The lowest BCUT2D eigenvalue weighted by Gasteiger charge is -2.35. The molecule has 16 heteroatoms. The van der Waals surface area contributed by atoms with Crippen LogP contribution in [0.25, 0.3) is 0 Å². The van der Waals surface area contributed by atoms with Gasteiger partial charge in [0.05, 0.1) is 29.9 Å². The molecule has 0 spiro atoms. The highest BCUT2D eigenvalue weighted by Crippen LogP contribution is 2.31. The standard InChI is InChI=1S/C42H57N6O9P/c1-6-15-31(36(51)40(55)43-23-33(50)45-34(39(54)47-58)26-16-9-7-10-17-26)44-38(53)32-22-28(57-42(3,4)5)24-48(32)41(56)35(27-18-11-8-12-19-27)46-37(52)30-21-14-13-20-29(30)25(2)49/h7,9-10,13-14,16-17,20-21,27-28,31-32,34-35H,6,8,11-12,15,18-19,22-24,58H2,1-5H3,(H,43,55)(H,44,53)(H,45,50)(H,46,52)(H,47,54)/t28-,31?,32+,34+,35+/m1/s1. The minimum absolute atomic E-state index is 0.0397. The molecule has 6 amide bonds. The third-order valence-corrected chi connectivity index (χ3v) is 10.6. The molecule has 2 aliphatic rings. The van der Waals surface area contributed by atoms with Crippen LogP contribution in [0.1, 0.15) is 118 Å². The summed E-state index contributed by atoms with van der Waals surface area (Å²) in [6, 6.07) is 10.4. The molecule has 2 fully saturated rings. The number of Topliss-reactive ketones (excluding diaryl/α,β-unsaturated/α-hetero) is 2. The van der Waals surface area contributed by atoms with Gasteiger partial charge in [0, 0.05) is 18.5 Å². The fourth-order valence-corrected chi connectivity index (χ4v) is 7.75. The fourth-order valence-electron chi connectivity index (χ4n) is 7.58. The Bertz CT molecular complexity index is 1830. The van der Waals surface area contributed by atoms with Crippen molar-refractivity contribution in [3.05, 3.63) is 71.3 Å². The average Bonchev–Trinajstić information content (AvgIpc) is 3.63. The lowest BCUT2D eigenvalue weighted by molar-refractivity contribution is -0.143.